The molecular weight excluding hydrogens is 400 g/mol. The average molecular weight is 425 g/mol. The quantitative estimate of drug-likeness (QED) is 0.715. The van der Waals surface area contributed by atoms with Gasteiger partial charge in [0.25, 0.3) is 0 Å². The van der Waals surface area contributed by atoms with Crippen molar-refractivity contribution in [1.82, 2.24) is 5.32 Å². The van der Waals surface area contributed by atoms with E-state index in [4.69, 9.17) is 4.74 Å². The molecule has 0 bridgehead atoms. The first-order chi connectivity index (χ1) is 14.7. The first-order valence-corrected chi connectivity index (χ1v) is 10.2. The van der Waals surface area contributed by atoms with Crippen LogP contribution in [-0.4, -0.2) is 24.4 Å². The number of nitrogens with one attached hydrogen (secondary N) is 2. The van der Waals surface area contributed by atoms with E-state index in [-0.39, 0.29) is 24.1 Å². The normalized spacial score (nSPS) is 23.8. The van der Waals surface area contributed by atoms with Crippen molar-refractivity contribution in [3.8, 4) is 0 Å². The van der Waals surface area contributed by atoms with Crippen molar-refractivity contribution in [3.63, 3.8) is 0 Å². The number of hydrogen-bond acceptors (Lipinski definition) is 4. The highest BCUT2D eigenvalue weighted by atomic mass is 19.1. The Bertz CT molecular complexity index is 1060. The molecule has 0 saturated heterocycles. The third-order valence-corrected chi connectivity index (χ3v) is 5.76. The van der Waals surface area contributed by atoms with Crippen LogP contribution >= 0.6 is 0 Å². The van der Waals surface area contributed by atoms with E-state index in [0.29, 0.717) is 23.4 Å². The van der Waals surface area contributed by atoms with Crippen molar-refractivity contribution in [2.45, 2.75) is 38.3 Å². The number of anilines is 1. The highest BCUT2D eigenvalue weighted by molar-refractivity contribution is 5.96. The summed E-state index contributed by atoms with van der Waals surface area (Å²) >= 11 is 0. The number of carbonyl (C=O) groups is 1. The molecule has 0 spiro atoms. The largest absolute Gasteiger partial charge is 0.489 e. The minimum Gasteiger partial charge on any atom is -0.489 e. The van der Waals surface area contributed by atoms with Crippen molar-refractivity contribution in [3.05, 3.63) is 77.2 Å². The molecule has 7 heteroatoms. The van der Waals surface area contributed by atoms with Crippen molar-refractivity contribution in [1.29, 1.82) is 0 Å². The fourth-order valence-electron chi connectivity index (χ4n) is 3.99. The molecule has 1 heterocycles. The average Bonchev–Trinajstić information content (AvgIpc) is 3.45. The minimum absolute atomic E-state index is 0.207. The van der Waals surface area contributed by atoms with E-state index in [1.807, 2.05) is 26.8 Å². The van der Waals surface area contributed by atoms with Crippen LogP contribution in [0.25, 0.3) is 0 Å². The van der Waals surface area contributed by atoms with Crippen molar-refractivity contribution >= 4 is 17.8 Å². The lowest BCUT2D eigenvalue weighted by atomic mass is 9.93. The molecule has 1 fully saturated rings. The Morgan fingerprint density at radius 2 is 1.94 bits per heavy atom. The van der Waals surface area contributed by atoms with Gasteiger partial charge in [-0.05, 0) is 69.2 Å². The molecule has 0 radical (unpaired) electrons. The lowest BCUT2D eigenvalue weighted by Crippen LogP contribution is -2.39. The van der Waals surface area contributed by atoms with Crippen LogP contribution in [0.2, 0.25) is 0 Å². The summed E-state index contributed by atoms with van der Waals surface area (Å²) in [6.07, 6.45) is 2.20. The second kappa shape index (κ2) is 7.80. The van der Waals surface area contributed by atoms with E-state index in [1.165, 1.54) is 36.4 Å². The highest BCUT2D eigenvalue weighted by Gasteiger charge is 2.60. The molecule has 5 nitrogen and oxygen atoms in total. The number of carbonyl (C=O) groups excluding carboxylic acids is 1. The standard InChI is InChI=1S/C24H25F2N3O2/c1-15-21(13-27-23(2,3)29-15)31-14-24(16-5-4-6-18(26)11-16)12-20(24)22(30)28-19-9-7-17(25)8-10-19/h4-11,13,20,29H,12,14H2,1-3H3,(H,28,30)/t20-,24+/m0/s1. The summed E-state index contributed by atoms with van der Waals surface area (Å²) in [5.74, 6) is -0.743. The fraction of sp³-hybridized carbons (Fsp3) is 0.333. The molecule has 2 N–H and O–H groups in total. The third-order valence-electron chi connectivity index (χ3n) is 5.76. The Labute approximate surface area is 180 Å². The number of rotatable bonds is 6. The van der Waals surface area contributed by atoms with E-state index >= 15 is 0 Å². The second-order valence-electron chi connectivity index (χ2n) is 8.64. The SMILES string of the molecule is CC1=C(OC[C@@]2(c3cccc(F)c3)C[C@H]2C(=O)Nc2ccc(F)cc2)C=NC(C)(C)N1. The van der Waals surface area contributed by atoms with Gasteiger partial charge in [0.15, 0.2) is 5.76 Å². The van der Waals surface area contributed by atoms with Crippen LogP contribution in [0, 0.1) is 17.6 Å². The summed E-state index contributed by atoms with van der Waals surface area (Å²) in [6.45, 7) is 6.02. The Balaban J connectivity index is 1.54. The minimum atomic E-state index is -0.652. The van der Waals surface area contributed by atoms with E-state index in [9.17, 15) is 13.6 Å². The number of amides is 1. The molecule has 4 rings (SSSR count). The molecule has 1 saturated carbocycles. The predicted octanol–water partition coefficient (Wildman–Crippen LogP) is 4.52. The maximum absolute atomic E-state index is 14.0. The van der Waals surface area contributed by atoms with Gasteiger partial charge in [0, 0.05) is 11.1 Å². The summed E-state index contributed by atoms with van der Waals surface area (Å²) in [5.41, 5.74) is 1.01. The molecule has 31 heavy (non-hydrogen) atoms. The molecule has 1 amide bonds. The predicted molar refractivity (Wildman–Crippen MR) is 116 cm³/mol. The molecular formula is C24H25F2N3O2. The monoisotopic (exact) mass is 425 g/mol. The van der Waals surface area contributed by atoms with Gasteiger partial charge in [-0.25, -0.2) is 8.78 Å². The van der Waals surface area contributed by atoms with Gasteiger partial charge < -0.3 is 15.4 Å². The van der Waals surface area contributed by atoms with Gasteiger partial charge in [-0.1, -0.05) is 12.1 Å². The number of aliphatic imine (C=N–C) groups is 1. The van der Waals surface area contributed by atoms with Crippen LogP contribution < -0.4 is 10.6 Å². The van der Waals surface area contributed by atoms with Crippen molar-refractivity contribution < 1.29 is 18.3 Å². The maximum atomic E-state index is 14.0. The number of halogens is 2. The third kappa shape index (κ3) is 4.45. The van der Waals surface area contributed by atoms with Gasteiger partial charge in [0.2, 0.25) is 5.91 Å². The van der Waals surface area contributed by atoms with Crippen LogP contribution in [-0.2, 0) is 14.9 Å². The van der Waals surface area contributed by atoms with Crippen LogP contribution in [0.1, 0.15) is 32.8 Å². The Kier molecular flexibility index (Phi) is 5.29. The van der Waals surface area contributed by atoms with Gasteiger partial charge in [-0.15, -0.1) is 0 Å². The molecule has 0 aromatic heterocycles. The number of hydrogen-bond donors (Lipinski definition) is 2. The Hall–Kier alpha value is -3.22. The number of benzene rings is 2. The van der Waals surface area contributed by atoms with E-state index in [0.717, 1.165) is 5.70 Å². The van der Waals surface area contributed by atoms with Gasteiger partial charge in [0.05, 0.1) is 24.4 Å². The Morgan fingerprint density at radius 3 is 2.61 bits per heavy atom. The van der Waals surface area contributed by atoms with Gasteiger partial charge in [-0.2, -0.15) is 0 Å². The molecule has 2 aromatic rings. The molecule has 162 valence electrons. The maximum Gasteiger partial charge on any atom is 0.228 e. The first kappa shape index (κ1) is 21.0. The zero-order chi connectivity index (χ0) is 22.2. The van der Waals surface area contributed by atoms with Crippen molar-refractivity contribution in [2.75, 3.05) is 11.9 Å². The zero-order valence-corrected chi connectivity index (χ0v) is 17.7. The molecule has 0 unspecified atom stereocenters. The van der Waals surface area contributed by atoms with Crippen LogP contribution in [0.5, 0.6) is 0 Å². The summed E-state index contributed by atoms with van der Waals surface area (Å²) < 4.78 is 33.2. The van der Waals surface area contributed by atoms with Gasteiger partial charge >= 0.3 is 0 Å². The lowest BCUT2D eigenvalue weighted by Gasteiger charge is -2.29. The lowest BCUT2D eigenvalue weighted by molar-refractivity contribution is -0.118. The van der Waals surface area contributed by atoms with Crippen LogP contribution in [0.15, 0.2) is 65.0 Å². The van der Waals surface area contributed by atoms with Gasteiger partial charge in [-0.3, -0.25) is 9.79 Å². The molecule has 1 aliphatic carbocycles. The van der Waals surface area contributed by atoms with E-state index < -0.39 is 17.0 Å². The molecule has 2 aliphatic rings. The zero-order valence-electron chi connectivity index (χ0n) is 17.7. The molecule has 1 aliphatic heterocycles. The first-order valence-electron chi connectivity index (χ1n) is 10.2. The van der Waals surface area contributed by atoms with E-state index in [2.05, 4.69) is 15.6 Å². The van der Waals surface area contributed by atoms with Gasteiger partial charge in [0.1, 0.15) is 17.3 Å². The number of allylic oxidation sites excluding steroid dienone is 2. The summed E-state index contributed by atoms with van der Waals surface area (Å²) in [6, 6.07) is 11.9. The molecule has 2 atom stereocenters. The highest BCUT2D eigenvalue weighted by Crippen LogP contribution is 2.55. The number of ether oxygens (including phenoxy) is 1. The van der Waals surface area contributed by atoms with Crippen molar-refractivity contribution in [2.24, 2.45) is 10.9 Å². The molecule has 2 aromatic carbocycles. The summed E-state index contributed by atoms with van der Waals surface area (Å²) in [5, 5.41) is 6.09. The topological polar surface area (TPSA) is 62.7 Å². The van der Waals surface area contributed by atoms with Crippen LogP contribution in [0.3, 0.4) is 0 Å². The number of nitrogens with zero attached hydrogens (tertiary/aromatic N) is 1. The summed E-state index contributed by atoms with van der Waals surface area (Å²) in [7, 11) is 0. The van der Waals surface area contributed by atoms with Crippen LogP contribution in [0.4, 0.5) is 14.5 Å². The Morgan fingerprint density at radius 1 is 1.19 bits per heavy atom. The smallest absolute Gasteiger partial charge is 0.228 e. The summed E-state index contributed by atoms with van der Waals surface area (Å²) in [4.78, 5) is 17.4. The fourth-order valence-corrected chi connectivity index (χ4v) is 3.99. The second-order valence-corrected chi connectivity index (χ2v) is 8.64. The van der Waals surface area contributed by atoms with E-state index in [1.54, 1.807) is 12.3 Å².